The molecule has 2 unspecified atom stereocenters. The van der Waals surface area contributed by atoms with E-state index in [1.807, 2.05) is 0 Å². The predicted octanol–water partition coefficient (Wildman–Crippen LogP) is 3.27. The third-order valence-electron chi connectivity index (χ3n) is 4.28. The number of morpholine rings is 1. The highest BCUT2D eigenvalue weighted by atomic mass is 16.5. The van der Waals surface area contributed by atoms with Crippen LogP contribution in [0.15, 0.2) is 18.2 Å². The van der Waals surface area contributed by atoms with E-state index in [2.05, 4.69) is 50.8 Å². The molecule has 0 aliphatic carbocycles. The Hall–Kier alpha value is -1.02. The van der Waals surface area contributed by atoms with Crippen LogP contribution in [0.25, 0.3) is 0 Å². The molecule has 0 N–H and O–H groups in total. The second kappa shape index (κ2) is 3.99. The zero-order valence-electron chi connectivity index (χ0n) is 11.9. The summed E-state index contributed by atoms with van der Waals surface area (Å²) in [6.07, 6.45) is 1.67. The first-order chi connectivity index (χ1) is 8.45. The summed E-state index contributed by atoms with van der Waals surface area (Å²) in [4.78, 5) is 2.55. The maximum atomic E-state index is 5.70. The van der Waals surface area contributed by atoms with E-state index in [1.165, 1.54) is 23.2 Å². The van der Waals surface area contributed by atoms with Crippen molar-refractivity contribution in [3.63, 3.8) is 0 Å². The highest BCUT2D eigenvalue weighted by Gasteiger charge is 2.39. The second-order valence-corrected chi connectivity index (χ2v) is 6.75. The first-order valence-electron chi connectivity index (χ1n) is 6.94. The van der Waals surface area contributed by atoms with Crippen molar-refractivity contribution >= 4 is 5.69 Å². The summed E-state index contributed by atoms with van der Waals surface area (Å²) in [5.74, 6) is 0. The van der Waals surface area contributed by atoms with Gasteiger partial charge in [0.1, 0.15) is 0 Å². The number of anilines is 1. The molecule has 98 valence electrons. The van der Waals surface area contributed by atoms with E-state index in [1.54, 1.807) is 0 Å². The van der Waals surface area contributed by atoms with Crippen molar-refractivity contribution in [2.45, 2.75) is 51.7 Å². The summed E-state index contributed by atoms with van der Waals surface area (Å²) in [5, 5.41) is 0. The Kier molecular flexibility index (Phi) is 2.67. The van der Waals surface area contributed by atoms with Crippen LogP contribution in [0.3, 0.4) is 0 Å². The summed E-state index contributed by atoms with van der Waals surface area (Å²) in [7, 11) is 0. The Balaban J connectivity index is 1.96. The Bertz CT molecular complexity index is 461. The minimum absolute atomic E-state index is 0.220. The van der Waals surface area contributed by atoms with E-state index in [4.69, 9.17) is 4.74 Å². The number of rotatable bonds is 1. The molecule has 3 rings (SSSR count). The smallest absolute Gasteiger partial charge is 0.0771 e. The van der Waals surface area contributed by atoms with Gasteiger partial charge in [0.05, 0.1) is 18.8 Å². The van der Waals surface area contributed by atoms with E-state index in [-0.39, 0.29) is 5.41 Å². The molecule has 2 saturated heterocycles. The van der Waals surface area contributed by atoms with E-state index in [9.17, 15) is 0 Å². The quantitative estimate of drug-likeness (QED) is 0.753. The van der Waals surface area contributed by atoms with Crippen LogP contribution in [0.1, 0.15) is 38.3 Å². The largest absolute Gasteiger partial charge is 0.374 e. The van der Waals surface area contributed by atoms with Crippen LogP contribution in [-0.2, 0) is 10.2 Å². The minimum atomic E-state index is 0.220. The lowest BCUT2D eigenvalue weighted by atomic mass is 9.86. The van der Waals surface area contributed by atoms with Crippen molar-refractivity contribution in [2.24, 2.45) is 0 Å². The van der Waals surface area contributed by atoms with Crippen LogP contribution in [0.2, 0.25) is 0 Å². The van der Waals surface area contributed by atoms with Gasteiger partial charge in [0.25, 0.3) is 0 Å². The molecule has 0 amide bonds. The Labute approximate surface area is 110 Å². The average Bonchev–Trinajstić information content (AvgIpc) is 2.89. The van der Waals surface area contributed by atoms with Crippen LogP contribution < -0.4 is 4.90 Å². The van der Waals surface area contributed by atoms with Crippen LogP contribution in [-0.4, -0.2) is 25.3 Å². The molecule has 0 spiro atoms. The lowest BCUT2D eigenvalue weighted by Crippen LogP contribution is -2.37. The van der Waals surface area contributed by atoms with Gasteiger partial charge in [-0.1, -0.05) is 32.9 Å². The van der Waals surface area contributed by atoms with E-state index < -0.39 is 0 Å². The molecule has 2 fully saturated rings. The fourth-order valence-corrected chi connectivity index (χ4v) is 3.08. The van der Waals surface area contributed by atoms with Crippen LogP contribution in [0, 0.1) is 6.92 Å². The van der Waals surface area contributed by atoms with Crippen molar-refractivity contribution in [3.05, 3.63) is 29.3 Å². The Morgan fingerprint density at radius 1 is 1.28 bits per heavy atom. The number of aryl methyl sites for hydroxylation is 1. The fraction of sp³-hybridized carbons (Fsp3) is 0.625. The number of ether oxygens (including phenoxy) is 1. The van der Waals surface area contributed by atoms with Gasteiger partial charge in [-0.05, 0) is 36.0 Å². The molecule has 18 heavy (non-hydrogen) atoms. The lowest BCUT2D eigenvalue weighted by molar-refractivity contribution is 0.0991. The van der Waals surface area contributed by atoms with Gasteiger partial charge in [-0.25, -0.2) is 0 Å². The molecular formula is C16H23NO. The fourth-order valence-electron chi connectivity index (χ4n) is 3.08. The van der Waals surface area contributed by atoms with Crippen molar-refractivity contribution in [2.75, 3.05) is 18.1 Å². The van der Waals surface area contributed by atoms with Crippen LogP contribution in [0.5, 0.6) is 0 Å². The maximum absolute atomic E-state index is 5.70. The van der Waals surface area contributed by atoms with E-state index in [0.29, 0.717) is 12.1 Å². The van der Waals surface area contributed by atoms with Gasteiger partial charge in [0.15, 0.2) is 0 Å². The molecule has 0 saturated carbocycles. The zero-order chi connectivity index (χ0) is 12.9. The summed E-state index contributed by atoms with van der Waals surface area (Å²) in [5.41, 5.74) is 4.44. The molecule has 2 bridgehead atoms. The van der Waals surface area contributed by atoms with Gasteiger partial charge in [-0.3, -0.25) is 0 Å². The number of hydrogen-bond donors (Lipinski definition) is 0. The molecule has 2 aliphatic heterocycles. The SMILES string of the molecule is Cc1ccc(C(C)(C)C)cc1N1CC2CC1CO2. The second-order valence-electron chi connectivity index (χ2n) is 6.75. The van der Waals surface area contributed by atoms with Gasteiger partial charge in [0.2, 0.25) is 0 Å². The summed E-state index contributed by atoms with van der Waals surface area (Å²) in [6.45, 7) is 11.0. The highest BCUT2D eigenvalue weighted by Crippen LogP contribution is 2.36. The first-order valence-corrected chi connectivity index (χ1v) is 6.94. The maximum Gasteiger partial charge on any atom is 0.0771 e. The van der Waals surface area contributed by atoms with Gasteiger partial charge in [-0.2, -0.15) is 0 Å². The number of hydrogen-bond acceptors (Lipinski definition) is 2. The van der Waals surface area contributed by atoms with Crippen molar-refractivity contribution in [1.82, 2.24) is 0 Å². The van der Waals surface area contributed by atoms with Crippen LogP contribution in [0.4, 0.5) is 5.69 Å². The van der Waals surface area contributed by atoms with E-state index >= 15 is 0 Å². The molecule has 0 radical (unpaired) electrons. The van der Waals surface area contributed by atoms with Gasteiger partial charge in [-0.15, -0.1) is 0 Å². The molecule has 2 heteroatoms. The third-order valence-corrected chi connectivity index (χ3v) is 4.28. The lowest BCUT2D eigenvalue weighted by Gasteiger charge is -2.32. The molecular weight excluding hydrogens is 222 g/mol. The van der Waals surface area contributed by atoms with Gasteiger partial charge >= 0.3 is 0 Å². The average molecular weight is 245 g/mol. The van der Waals surface area contributed by atoms with Crippen LogP contribution >= 0.6 is 0 Å². The predicted molar refractivity (Wildman–Crippen MR) is 75.4 cm³/mol. The number of benzene rings is 1. The van der Waals surface area contributed by atoms with Crippen molar-refractivity contribution in [3.8, 4) is 0 Å². The molecule has 2 atom stereocenters. The minimum Gasteiger partial charge on any atom is -0.374 e. The molecule has 2 aliphatic rings. The van der Waals surface area contributed by atoms with E-state index in [0.717, 1.165) is 13.2 Å². The summed E-state index contributed by atoms with van der Waals surface area (Å²) >= 11 is 0. The zero-order valence-corrected chi connectivity index (χ0v) is 11.9. The Morgan fingerprint density at radius 2 is 2.06 bits per heavy atom. The standard InChI is InChI=1S/C16H23NO/c1-11-5-6-12(16(2,3)4)7-15(11)17-9-14-8-13(17)10-18-14/h5-7,13-14H,8-10H2,1-4H3. The molecule has 1 aromatic rings. The van der Waals surface area contributed by atoms with Gasteiger partial charge < -0.3 is 9.64 Å². The topological polar surface area (TPSA) is 12.5 Å². The summed E-state index contributed by atoms with van der Waals surface area (Å²) < 4.78 is 5.70. The highest BCUT2D eigenvalue weighted by molar-refractivity contribution is 5.58. The van der Waals surface area contributed by atoms with Crippen molar-refractivity contribution < 1.29 is 4.74 Å². The Morgan fingerprint density at radius 3 is 2.61 bits per heavy atom. The third kappa shape index (κ3) is 1.93. The number of nitrogens with zero attached hydrogens (tertiary/aromatic N) is 1. The summed E-state index contributed by atoms with van der Waals surface area (Å²) in [6, 6.07) is 7.52. The first kappa shape index (κ1) is 12.0. The van der Waals surface area contributed by atoms with Gasteiger partial charge in [0, 0.05) is 12.2 Å². The molecule has 1 aromatic carbocycles. The molecule has 2 heterocycles. The normalized spacial score (nSPS) is 27.0. The number of fused-ring (bicyclic) bond motifs is 2. The monoisotopic (exact) mass is 245 g/mol. The van der Waals surface area contributed by atoms with Crippen molar-refractivity contribution in [1.29, 1.82) is 0 Å². The molecule has 2 nitrogen and oxygen atoms in total. The molecule has 0 aromatic heterocycles.